The molecular weight excluding hydrogens is 276 g/mol. The van der Waals surface area contributed by atoms with Gasteiger partial charge in [-0.2, -0.15) is 11.8 Å². The van der Waals surface area contributed by atoms with E-state index >= 15 is 0 Å². The summed E-state index contributed by atoms with van der Waals surface area (Å²) in [6, 6.07) is 0.0149. The van der Waals surface area contributed by atoms with Crippen LogP contribution in [0.25, 0.3) is 0 Å². The number of aliphatic carboxylic acids is 1. The molecule has 0 aromatic carbocycles. The maximum Gasteiger partial charge on any atom is 0.315 e. The van der Waals surface area contributed by atoms with Gasteiger partial charge in [-0.25, -0.2) is 4.79 Å². The van der Waals surface area contributed by atoms with E-state index < -0.39 is 11.4 Å². The van der Waals surface area contributed by atoms with Crippen molar-refractivity contribution in [3.05, 3.63) is 0 Å². The van der Waals surface area contributed by atoms with Crippen molar-refractivity contribution in [1.29, 1.82) is 0 Å². The van der Waals surface area contributed by atoms with Crippen LogP contribution >= 0.6 is 11.8 Å². The van der Waals surface area contributed by atoms with Gasteiger partial charge >= 0.3 is 12.0 Å². The molecule has 2 aliphatic carbocycles. The van der Waals surface area contributed by atoms with Crippen LogP contribution in [0.1, 0.15) is 44.9 Å². The van der Waals surface area contributed by atoms with Crippen LogP contribution in [0.3, 0.4) is 0 Å². The summed E-state index contributed by atoms with van der Waals surface area (Å²) in [7, 11) is 0. The molecule has 3 N–H and O–H groups in total. The maximum absolute atomic E-state index is 11.9. The molecule has 2 aliphatic rings. The molecule has 5 nitrogen and oxygen atoms in total. The molecular formula is C14H24N2O3S. The first-order chi connectivity index (χ1) is 9.55. The Bertz CT molecular complexity index is 369. The Morgan fingerprint density at radius 2 is 2.00 bits per heavy atom. The summed E-state index contributed by atoms with van der Waals surface area (Å²) in [5, 5.41) is 15.7. The molecule has 0 spiro atoms. The lowest BCUT2D eigenvalue weighted by molar-refractivity contribution is -0.148. The third-order valence-electron chi connectivity index (χ3n) is 4.65. The van der Waals surface area contributed by atoms with E-state index in [1.807, 2.05) is 11.8 Å². The topological polar surface area (TPSA) is 78.4 Å². The smallest absolute Gasteiger partial charge is 0.315 e. The molecule has 0 aromatic rings. The summed E-state index contributed by atoms with van der Waals surface area (Å²) < 4.78 is 0. The van der Waals surface area contributed by atoms with Crippen molar-refractivity contribution in [2.45, 2.75) is 56.2 Å². The molecule has 0 bridgehead atoms. The average Bonchev–Trinajstić information content (AvgIpc) is 3.05. The molecule has 20 heavy (non-hydrogen) atoms. The highest BCUT2D eigenvalue weighted by molar-refractivity contribution is 7.99. The molecule has 114 valence electrons. The van der Waals surface area contributed by atoms with E-state index in [-0.39, 0.29) is 18.6 Å². The van der Waals surface area contributed by atoms with Crippen molar-refractivity contribution < 1.29 is 14.7 Å². The molecule has 2 atom stereocenters. The highest BCUT2D eigenvalue weighted by Gasteiger charge is 2.41. The van der Waals surface area contributed by atoms with Gasteiger partial charge in [0.1, 0.15) is 0 Å². The third-order valence-corrected chi connectivity index (χ3v) is 5.75. The van der Waals surface area contributed by atoms with Crippen molar-refractivity contribution in [3.63, 3.8) is 0 Å². The number of nitrogens with one attached hydrogen (secondary N) is 2. The van der Waals surface area contributed by atoms with Crippen molar-refractivity contribution in [2.24, 2.45) is 5.41 Å². The third kappa shape index (κ3) is 3.59. The van der Waals surface area contributed by atoms with E-state index in [0.29, 0.717) is 18.1 Å². The maximum atomic E-state index is 11.9. The minimum Gasteiger partial charge on any atom is -0.481 e. The molecule has 0 saturated heterocycles. The predicted octanol–water partition coefficient (Wildman–Crippen LogP) is 2.21. The molecule has 2 fully saturated rings. The van der Waals surface area contributed by atoms with Gasteiger partial charge < -0.3 is 15.7 Å². The lowest BCUT2D eigenvalue weighted by Gasteiger charge is -2.24. The van der Waals surface area contributed by atoms with Gasteiger partial charge in [-0.05, 0) is 38.4 Å². The van der Waals surface area contributed by atoms with Crippen LogP contribution in [-0.4, -0.2) is 41.2 Å². The SMILES string of the molecule is CSC1CCC(NC(=O)NCC2(C(=O)O)CCCC2)C1. The predicted molar refractivity (Wildman–Crippen MR) is 80.0 cm³/mol. The zero-order chi connectivity index (χ0) is 14.6. The number of urea groups is 1. The van der Waals surface area contributed by atoms with E-state index in [4.69, 9.17) is 0 Å². The van der Waals surface area contributed by atoms with Crippen LogP contribution in [0, 0.1) is 5.41 Å². The standard InChI is InChI=1S/C14H24N2O3S/c1-20-11-5-4-10(8-11)16-13(19)15-9-14(12(17)18)6-2-3-7-14/h10-11H,2-9H2,1H3,(H,17,18)(H2,15,16,19). The number of thioether (sulfide) groups is 1. The fourth-order valence-electron chi connectivity index (χ4n) is 3.29. The van der Waals surface area contributed by atoms with E-state index in [0.717, 1.165) is 32.1 Å². The number of rotatable bonds is 5. The number of hydrogen-bond donors (Lipinski definition) is 3. The van der Waals surface area contributed by atoms with E-state index in [2.05, 4.69) is 16.9 Å². The number of carboxylic acid groups (broad SMARTS) is 1. The molecule has 0 heterocycles. The summed E-state index contributed by atoms with van der Waals surface area (Å²) in [6.45, 7) is 0.243. The average molecular weight is 300 g/mol. The molecule has 6 heteroatoms. The summed E-state index contributed by atoms with van der Waals surface area (Å²) >= 11 is 1.85. The van der Waals surface area contributed by atoms with Crippen LogP contribution in [0.15, 0.2) is 0 Å². The molecule has 2 rings (SSSR count). The minimum absolute atomic E-state index is 0.218. The number of carboxylic acids is 1. The second-order valence-corrected chi connectivity index (χ2v) is 7.13. The van der Waals surface area contributed by atoms with Gasteiger partial charge in [-0.3, -0.25) is 4.79 Å². The number of hydrogen-bond acceptors (Lipinski definition) is 3. The molecule has 0 aromatic heterocycles. The van der Waals surface area contributed by atoms with E-state index in [1.165, 1.54) is 0 Å². The van der Waals surface area contributed by atoms with Gasteiger partial charge in [0, 0.05) is 17.8 Å². The fraction of sp³-hybridized carbons (Fsp3) is 0.857. The van der Waals surface area contributed by atoms with Gasteiger partial charge in [-0.1, -0.05) is 12.8 Å². The lowest BCUT2D eigenvalue weighted by Crippen LogP contribution is -2.47. The fourth-order valence-corrected chi connectivity index (χ4v) is 4.09. The summed E-state index contributed by atoms with van der Waals surface area (Å²) in [5.41, 5.74) is -0.741. The molecule has 2 saturated carbocycles. The van der Waals surface area contributed by atoms with Crippen LogP contribution in [0.5, 0.6) is 0 Å². The normalized spacial score (nSPS) is 28.2. The first kappa shape index (κ1) is 15.5. The number of carbonyl (C=O) groups excluding carboxylic acids is 1. The zero-order valence-corrected chi connectivity index (χ0v) is 12.8. The number of amides is 2. The Kier molecular flexibility index (Phi) is 5.18. The Labute approximate surface area is 124 Å². The zero-order valence-electron chi connectivity index (χ0n) is 12.0. The number of carbonyl (C=O) groups is 2. The molecule has 0 radical (unpaired) electrons. The van der Waals surface area contributed by atoms with Gasteiger partial charge in [0.15, 0.2) is 0 Å². The van der Waals surface area contributed by atoms with E-state index in [9.17, 15) is 14.7 Å². The first-order valence-electron chi connectivity index (χ1n) is 7.36. The van der Waals surface area contributed by atoms with E-state index in [1.54, 1.807) is 0 Å². The lowest BCUT2D eigenvalue weighted by atomic mass is 9.86. The summed E-state index contributed by atoms with van der Waals surface area (Å²) in [4.78, 5) is 23.3. The van der Waals surface area contributed by atoms with Gasteiger partial charge in [-0.15, -0.1) is 0 Å². The highest BCUT2D eigenvalue weighted by Crippen LogP contribution is 2.37. The van der Waals surface area contributed by atoms with Crippen LogP contribution < -0.4 is 10.6 Å². The van der Waals surface area contributed by atoms with Crippen molar-refractivity contribution in [1.82, 2.24) is 10.6 Å². The summed E-state index contributed by atoms with van der Waals surface area (Å²) in [6.07, 6.45) is 8.49. The van der Waals surface area contributed by atoms with Crippen LogP contribution in [-0.2, 0) is 4.79 Å². The monoisotopic (exact) mass is 300 g/mol. The second kappa shape index (κ2) is 6.70. The molecule has 0 aliphatic heterocycles. The first-order valence-corrected chi connectivity index (χ1v) is 8.65. The second-order valence-electron chi connectivity index (χ2n) is 5.99. The molecule has 2 amide bonds. The van der Waals surface area contributed by atoms with Crippen LogP contribution in [0.2, 0.25) is 0 Å². The minimum atomic E-state index is -0.779. The van der Waals surface area contributed by atoms with Gasteiger partial charge in [0.25, 0.3) is 0 Å². The Balaban J connectivity index is 1.76. The Hall–Kier alpha value is -0.910. The van der Waals surface area contributed by atoms with Crippen LogP contribution in [0.4, 0.5) is 4.79 Å². The Morgan fingerprint density at radius 3 is 2.55 bits per heavy atom. The summed E-state index contributed by atoms with van der Waals surface area (Å²) in [5.74, 6) is -0.779. The van der Waals surface area contributed by atoms with Crippen molar-refractivity contribution in [2.75, 3.05) is 12.8 Å². The van der Waals surface area contributed by atoms with Crippen molar-refractivity contribution in [3.8, 4) is 0 Å². The Morgan fingerprint density at radius 1 is 1.30 bits per heavy atom. The van der Waals surface area contributed by atoms with Gasteiger partial charge in [0.2, 0.25) is 0 Å². The van der Waals surface area contributed by atoms with Gasteiger partial charge in [0.05, 0.1) is 5.41 Å². The van der Waals surface area contributed by atoms with Crippen molar-refractivity contribution >= 4 is 23.8 Å². The molecule has 2 unspecified atom stereocenters. The highest BCUT2D eigenvalue weighted by atomic mass is 32.2. The quantitative estimate of drug-likeness (QED) is 0.727. The largest absolute Gasteiger partial charge is 0.481 e.